The number of benzene rings is 1. The molecule has 5 nitrogen and oxygen atoms in total. The number of hydrogen-bond acceptors (Lipinski definition) is 4. The third-order valence-corrected chi connectivity index (χ3v) is 6.08. The van der Waals surface area contributed by atoms with E-state index in [1.54, 1.807) is 24.3 Å². The van der Waals surface area contributed by atoms with Crippen LogP contribution in [0.25, 0.3) is 0 Å². The summed E-state index contributed by atoms with van der Waals surface area (Å²) in [6.07, 6.45) is 6.29. The molecular weight excluding hydrogens is 326 g/mol. The van der Waals surface area contributed by atoms with Crippen LogP contribution in [0.5, 0.6) is 0 Å². The van der Waals surface area contributed by atoms with E-state index in [1.807, 2.05) is 4.90 Å². The van der Waals surface area contributed by atoms with Crippen LogP contribution < -0.4 is 0 Å². The van der Waals surface area contributed by atoms with Crippen LogP contribution in [-0.2, 0) is 4.74 Å². The van der Waals surface area contributed by atoms with Gasteiger partial charge < -0.3 is 14.5 Å². The Balaban J connectivity index is 1.26. The van der Waals surface area contributed by atoms with Crippen LogP contribution in [0.1, 0.15) is 48.0 Å². The third-order valence-electron chi connectivity index (χ3n) is 6.08. The van der Waals surface area contributed by atoms with Crippen molar-refractivity contribution in [2.24, 2.45) is 5.92 Å². The van der Waals surface area contributed by atoms with E-state index in [4.69, 9.17) is 10.00 Å². The second kappa shape index (κ2) is 7.38. The van der Waals surface area contributed by atoms with E-state index in [9.17, 15) is 4.79 Å². The Morgan fingerprint density at radius 2 is 2.08 bits per heavy atom. The lowest BCUT2D eigenvalue weighted by Gasteiger charge is -2.53. The van der Waals surface area contributed by atoms with Crippen molar-refractivity contribution in [2.75, 3.05) is 39.3 Å². The number of nitrogens with zero attached hydrogens (tertiary/aromatic N) is 3. The van der Waals surface area contributed by atoms with Crippen LogP contribution in [0, 0.1) is 17.2 Å². The number of rotatable bonds is 3. The Hall–Kier alpha value is -1.90. The van der Waals surface area contributed by atoms with Crippen LogP contribution in [0.2, 0.25) is 0 Å². The molecule has 1 spiro atoms. The molecule has 0 aliphatic carbocycles. The predicted octanol–water partition coefficient (Wildman–Crippen LogP) is 2.67. The summed E-state index contributed by atoms with van der Waals surface area (Å²) in [5, 5.41) is 9.00. The molecule has 0 bridgehead atoms. The molecule has 0 saturated carbocycles. The SMILES string of the molecule is N#Cc1cccc(C(=O)N2CC3(CC[C@@H](CN4CCCCC4)CO3)C2)c1. The molecule has 3 fully saturated rings. The second-order valence-electron chi connectivity index (χ2n) is 8.11. The molecule has 0 N–H and O–H groups in total. The number of nitriles is 1. The van der Waals surface area contributed by atoms with Crippen molar-refractivity contribution in [3.63, 3.8) is 0 Å². The van der Waals surface area contributed by atoms with Crippen LogP contribution in [0.15, 0.2) is 24.3 Å². The van der Waals surface area contributed by atoms with Gasteiger partial charge in [-0.3, -0.25) is 4.79 Å². The molecule has 3 saturated heterocycles. The Morgan fingerprint density at radius 3 is 2.77 bits per heavy atom. The van der Waals surface area contributed by atoms with Gasteiger partial charge in [-0.15, -0.1) is 0 Å². The molecule has 1 amide bonds. The average molecular weight is 353 g/mol. The molecular formula is C21H27N3O2. The van der Waals surface area contributed by atoms with Crippen molar-refractivity contribution in [2.45, 2.75) is 37.7 Å². The molecule has 5 heteroatoms. The maximum absolute atomic E-state index is 12.6. The fraction of sp³-hybridized carbons (Fsp3) is 0.619. The molecule has 3 aliphatic rings. The maximum Gasteiger partial charge on any atom is 0.254 e. The smallest absolute Gasteiger partial charge is 0.254 e. The molecule has 0 radical (unpaired) electrons. The third kappa shape index (κ3) is 3.62. The van der Waals surface area contributed by atoms with Gasteiger partial charge >= 0.3 is 0 Å². The minimum absolute atomic E-state index is 0.00626. The van der Waals surface area contributed by atoms with Gasteiger partial charge in [0.05, 0.1) is 31.3 Å². The topological polar surface area (TPSA) is 56.6 Å². The quantitative estimate of drug-likeness (QED) is 0.838. The van der Waals surface area contributed by atoms with Crippen molar-refractivity contribution in [3.05, 3.63) is 35.4 Å². The van der Waals surface area contributed by atoms with Gasteiger partial charge in [0.1, 0.15) is 5.60 Å². The normalized spacial score (nSPS) is 25.5. The summed E-state index contributed by atoms with van der Waals surface area (Å²) in [6.45, 7) is 5.83. The highest BCUT2D eigenvalue weighted by molar-refractivity contribution is 5.95. The monoisotopic (exact) mass is 353 g/mol. The van der Waals surface area contributed by atoms with Gasteiger partial charge in [-0.25, -0.2) is 0 Å². The average Bonchev–Trinajstić information content (AvgIpc) is 2.67. The molecule has 4 rings (SSSR count). The fourth-order valence-electron chi connectivity index (χ4n) is 4.52. The van der Waals surface area contributed by atoms with E-state index < -0.39 is 0 Å². The molecule has 26 heavy (non-hydrogen) atoms. The van der Waals surface area contributed by atoms with Gasteiger partial charge in [0.2, 0.25) is 0 Å². The summed E-state index contributed by atoms with van der Waals surface area (Å²) in [7, 11) is 0. The molecule has 3 heterocycles. The molecule has 1 aromatic rings. The summed E-state index contributed by atoms with van der Waals surface area (Å²) in [4.78, 5) is 17.0. The summed E-state index contributed by atoms with van der Waals surface area (Å²) < 4.78 is 6.24. The van der Waals surface area contributed by atoms with Crippen LogP contribution in [0.4, 0.5) is 0 Å². The van der Waals surface area contributed by atoms with Gasteiger partial charge in [-0.1, -0.05) is 12.5 Å². The number of carbonyl (C=O) groups is 1. The van der Waals surface area contributed by atoms with Crippen molar-refractivity contribution < 1.29 is 9.53 Å². The molecule has 0 aromatic heterocycles. The molecule has 1 aromatic carbocycles. The van der Waals surface area contributed by atoms with Crippen molar-refractivity contribution in [1.82, 2.24) is 9.80 Å². The summed E-state index contributed by atoms with van der Waals surface area (Å²) >= 11 is 0. The fourth-order valence-corrected chi connectivity index (χ4v) is 4.52. The van der Waals surface area contributed by atoms with Gasteiger partial charge in [0.25, 0.3) is 5.91 Å². The van der Waals surface area contributed by atoms with Crippen LogP contribution in [0.3, 0.4) is 0 Å². The number of ether oxygens (including phenoxy) is 1. The number of hydrogen-bond donors (Lipinski definition) is 0. The largest absolute Gasteiger partial charge is 0.371 e. The van der Waals surface area contributed by atoms with Crippen molar-refractivity contribution in [1.29, 1.82) is 5.26 Å². The van der Waals surface area contributed by atoms with E-state index in [0.717, 1.165) is 13.0 Å². The zero-order valence-corrected chi connectivity index (χ0v) is 15.3. The van der Waals surface area contributed by atoms with Crippen molar-refractivity contribution in [3.8, 4) is 6.07 Å². The Morgan fingerprint density at radius 1 is 1.27 bits per heavy atom. The first kappa shape index (κ1) is 17.5. The minimum Gasteiger partial charge on any atom is -0.371 e. The minimum atomic E-state index is -0.124. The van der Waals surface area contributed by atoms with Crippen LogP contribution in [-0.4, -0.2) is 60.6 Å². The first-order valence-electron chi connectivity index (χ1n) is 9.83. The molecule has 138 valence electrons. The molecule has 3 aliphatic heterocycles. The summed E-state index contributed by atoms with van der Waals surface area (Å²) in [5.74, 6) is 0.641. The lowest BCUT2D eigenvalue weighted by molar-refractivity contribution is -0.168. The van der Waals surface area contributed by atoms with E-state index >= 15 is 0 Å². The molecule has 0 unspecified atom stereocenters. The van der Waals surface area contributed by atoms with E-state index in [0.29, 0.717) is 30.1 Å². The van der Waals surface area contributed by atoms with Gasteiger partial charge in [-0.05, 0) is 62.9 Å². The van der Waals surface area contributed by atoms with Gasteiger partial charge in [0, 0.05) is 12.1 Å². The number of likely N-dealkylation sites (tertiary alicyclic amines) is 2. The summed E-state index contributed by atoms with van der Waals surface area (Å²) in [6, 6.07) is 9.04. The number of carbonyl (C=O) groups excluding carboxylic acids is 1. The van der Waals surface area contributed by atoms with E-state index in [2.05, 4.69) is 11.0 Å². The number of piperidine rings is 1. The highest BCUT2D eigenvalue weighted by atomic mass is 16.5. The zero-order chi connectivity index (χ0) is 18.0. The lowest BCUT2D eigenvalue weighted by atomic mass is 9.82. The first-order valence-corrected chi connectivity index (χ1v) is 9.83. The number of amides is 1. The van der Waals surface area contributed by atoms with Crippen LogP contribution >= 0.6 is 0 Å². The Kier molecular flexibility index (Phi) is 4.97. The lowest BCUT2D eigenvalue weighted by Crippen LogP contribution is -2.66. The first-order chi connectivity index (χ1) is 12.7. The highest BCUT2D eigenvalue weighted by Gasteiger charge is 2.48. The standard InChI is InChI=1S/C21H27N3O2/c22-12-17-5-4-6-19(11-17)20(25)24-15-21(16-24)8-7-18(14-26-21)13-23-9-2-1-3-10-23/h4-6,11,18H,1-3,7-10,13-16H2/t18-/m0/s1. The van der Waals surface area contributed by atoms with E-state index in [1.165, 1.54) is 45.3 Å². The predicted molar refractivity (Wildman–Crippen MR) is 98.8 cm³/mol. The Labute approximate surface area is 155 Å². The zero-order valence-electron chi connectivity index (χ0n) is 15.3. The van der Waals surface area contributed by atoms with Crippen molar-refractivity contribution >= 4 is 5.91 Å². The second-order valence-corrected chi connectivity index (χ2v) is 8.11. The molecule has 1 atom stereocenters. The Bertz CT molecular complexity index is 689. The van der Waals surface area contributed by atoms with Gasteiger partial charge in [0.15, 0.2) is 0 Å². The maximum atomic E-state index is 12.6. The van der Waals surface area contributed by atoms with Gasteiger partial charge in [-0.2, -0.15) is 5.26 Å². The summed E-state index contributed by atoms with van der Waals surface area (Å²) in [5.41, 5.74) is 0.999. The highest BCUT2D eigenvalue weighted by Crippen LogP contribution is 2.37. The van der Waals surface area contributed by atoms with E-state index in [-0.39, 0.29) is 11.5 Å².